The molecule has 0 aliphatic carbocycles. The highest BCUT2D eigenvalue weighted by Gasteiger charge is 2.30. The summed E-state index contributed by atoms with van der Waals surface area (Å²) in [7, 11) is 0. The van der Waals surface area contributed by atoms with Gasteiger partial charge in [0.2, 0.25) is 17.8 Å². The van der Waals surface area contributed by atoms with Gasteiger partial charge in [0.05, 0.1) is 5.69 Å². The number of aromatic nitrogens is 3. The van der Waals surface area contributed by atoms with Crippen LogP contribution in [-0.2, 0) is 9.59 Å². The van der Waals surface area contributed by atoms with E-state index in [9.17, 15) is 14.0 Å². The predicted octanol–water partition coefficient (Wildman–Crippen LogP) is 1.88. The van der Waals surface area contributed by atoms with Crippen LogP contribution in [0.25, 0.3) is 5.69 Å². The minimum absolute atomic E-state index is 0.133. The summed E-state index contributed by atoms with van der Waals surface area (Å²) in [5, 5.41) is 9.70. The van der Waals surface area contributed by atoms with E-state index in [1.165, 1.54) is 16.8 Å². The van der Waals surface area contributed by atoms with E-state index in [-0.39, 0.29) is 29.5 Å². The third-order valence-electron chi connectivity index (χ3n) is 4.16. The van der Waals surface area contributed by atoms with E-state index in [4.69, 9.17) is 0 Å². The topological polar surface area (TPSA) is 88.9 Å². The fourth-order valence-electron chi connectivity index (χ4n) is 3.00. The lowest BCUT2D eigenvalue weighted by Crippen LogP contribution is -2.48. The van der Waals surface area contributed by atoms with Crippen LogP contribution in [0, 0.1) is 25.6 Å². The van der Waals surface area contributed by atoms with Crippen LogP contribution in [-0.4, -0.2) is 32.6 Å². The molecule has 25 heavy (non-hydrogen) atoms. The zero-order chi connectivity index (χ0) is 18.1. The maximum Gasteiger partial charge on any atom is 0.249 e. The van der Waals surface area contributed by atoms with Crippen molar-refractivity contribution in [2.75, 3.05) is 5.32 Å². The van der Waals surface area contributed by atoms with Crippen molar-refractivity contribution in [3.05, 3.63) is 35.4 Å². The van der Waals surface area contributed by atoms with Crippen molar-refractivity contribution in [1.29, 1.82) is 0 Å². The molecule has 2 amide bonds. The first-order valence-corrected chi connectivity index (χ1v) is 8.14. The number of hydrogen-bond acceptors (Lipinski definition) is 4. The normalized spacial score (nSPS) is 20.2. The zero-order valence-electron chi connectivity index (χ0n) is 14.3. The first kappa shape index (κ1) is 17.1. The van der Waals surface area contributed by atoms with Crippen LogP contribution in [0.2, 0.25) is 0 Å². The average molecular weight is 345 g/mol. The fourth-order valence-corrected chi connectivity index (χ4v) is 3.00. The Kier molecular flexibility index (Phi) is 4.52. The molecule has 0 unspecified atom stereocenters. The van der Waals surface area contributed by atoms with E-state index in [2.05, 4.69) is 20.7 Å². The summed E-state index contributed by atoms with van der Waals surface area (Å²) in [4.78, 5) is 28.4. The van der Waals surface area contributed by atoms with Gasteiger partial charge in [0.25, 0.3) is 0 Å². The molecule has 1 aliphatic rings. The molecule has 132 valence electrons. The summed E-state index contributed by atoms with van der Waals surface area (Å²) in [5.74, 6) is 0.0371. The second-order valence-electron chi connectivity index (χ2n) is 6.48. The van der Waals surface area contributed by atoms with Gasteiger partial charge in [-0.1, -0.05) is 6.92 Å². The number of benzene rings is 1. The molecule has 1 saturated heterocycles. The molecular formula is C17H20FN5O2. The van der Waals surface area contributed by atoms with Crippen LogP contribution >= 0.6 is 0 Å². The van der Waals surface area contributed by atoms with Crippen LogP contribution < -0.4 is 10.6 Å². The number of piperidine rings is 1. The zero-order valence-corrected chi connectivity index (χ0v) is 14.3. The van der Waals surface area contributed by atoms with Crippen LogP contribution in [0.15, 0.2) is 18.2 Å². The number of anilines is 1. The lowest BCUT2D eigenvalue weighted by Gasteiger charge is -2.26. The average Bonchev–Trinajstić information content (AvgIpc) is 2.86. The molecule has 2 heterocycles. The molecule has 1 aromatic carbocycles. The van der Waals surface area contributed by atoms with Crippen molar-refractivity contribution in [3.63, 3.8) is 0 Å². The van der Waals surface area contributed by atoms with Gasteiger partial charge < -0.3 is 5.32 Å². The number of hydrogen-bond donors (Lipinski definition) is 2. The standard InChI is InChI=1S/C17H20FN5O2/c1-9-6-13(20-15(24)7-9)16(25)21-17-19-11(3)22-23(17)14-5-4-12(18)8-10(14)2/h4-5,8-9,13H,6-7H2,1-3H3,(H,20,24)(H,19,21,22,25)/t9-,13-/m1/s1. The maximum absolute atomic E-state index is 13.3. The second-order valence-corrected chi connectivity index (χ2v) is 6.48. The van der Waals surface area contributed by atoms with Gasteiger partial charge >= 0.3 is 0 Å². The number of carbonyl (C=O) groups is 2. The quantitative estimate of drug-likeness (QED) is 0.889. The first-order chi connectivity index (χ1) is 11.8. The summed E-state index contributed by atoms with van der Waals surface area (Å²) in [6.07, 6.45) is 0.994. The van der Waals surface area contributed by atoms with E-state index in [1.54, 1.807) is 19.9 Å². The molecule has 8 heteroatoms. The van der Waals surface area contributed by atoms with Gasteiger partial charge in [0, 0.05) is 6.42 Å². The number of carbonyl (C=O) groups excluding carboxylic acids is 2. The molecular weight excluding hydrogens is 325 g/mol. The van der Waals surface area contributed by atoms with Crippen LogP contribution in [0.4, 0.5) is 10.3 Å². The van der Waals surface area contributed by atoms with Gasteiger partial charge in [-0.25, -0.2) is 4.39 Å². The van der Waals surface area contributed by atoms with Gasteiger partial charge in [-0.2, -0.15) is 9.67 Å². The van der Waals surface area contributed by atoms with Crippen molar-refractivity contribution < 1.29 is 14.0 Å². The number of rotatable bonds is 3. The maximum atomic E-state index is 13.3. The molecule has 0 bridgehead atoms. The van der Waals surface area contributed by atoms with Crippen LogP contribution in [0.5, 0.6) is 0 Å². The number of nitrogens with zero attached hydrogens (tertiary/aromatic N) is 3. The molecule has 0 saturated carbocycles. The van der Waals surface area contributed by atoms with E-state index >= 15 is 0 Å². The van der Waals surface area contributed by atoms with Crippen molar-refractivity contribution in [1.82, 2.24) is 20.1 Å². The highest BCUT2D eigenvalue weighted by atomic mass is 19.1. The predicted molar refractivity (Wildman–Crippen MR) is 89.7 cm³/mol. The molecule has 2 atom stereocenters. The lowest BCUT2D eigenvalue weighted by molar-refractivity contribution is -0.129. The minimum atomic E-state index is -0.601. The van der Waals surface area contributed by atoms with E-state index in [0.29, 0.717) is 29.9 Å². The molecule has 3 rings (SSSR count). The number of amides is 2. The Bertz CT molecular complexity index is 832. The molecule has 7 nitrogen and oxygen atoms in total. The Labute approximate surface area is 144 Å². The van der Waals surface area contributed by atoms with Crippen molar-refractivity contribution >= 4 is 17.8 Å². The first-order valence-electron chi connectivity index (χ1n) is 8.14. The monoisotopic (exact) mass is 345 g/mol. The van der Waals surface area contributed by atoms with Crippen molar-refractivity contribution in [2.24, 2.45) is 5.92 Å². The van der Waals surface area contributed by atoms with Gasteiger partial charge in [-0.05, 0) is 49.9 Å². The summed E-state index contributed by atoms with van der Waals surface area (Å²) in [6.45, 7) is 5.40. The van der Waals surface area contributed by atoms with Crippen molar-refractivity contribution in [2.45, 2.75) is 39.7 Å². The Morgan fingerprint density at radius 2 is 2.16 bits per heavy atom. The molecule has 0 spiro atoms. The second kappa shape index (κ2) is 6.62. The Balaban J connectivity index is 1.86. The van der Waals surface area contributed by atoms with E-state index in [1.807, 2.05) is 6.92 Å². The molecule has 1 fully saturated rings. The highest BCUT2D eigenvalue weighted by molar-refractivity contribution is 5.96. The third kappa shape index (κ3) is 3.67. The van der Waals surface area contributed by atoms with E-state index < -0.39 is 6.04 Å². The Morgan fingerprint density at radius 1 is 1.40 bits per heavy atom. The SMILES string of the molecule is Cc1nc(NC(=O)[C@H]2C[C@@H](C)CC(=O)N2)n(-c2ccc(F)cc2C)n1. The van der Waals surface area contributed by atoms with Crippen molar-refractivity contribution in [3.8, 4) is 5.69 Å². The minimum Gasteiger partial charge on any atom is -0.344 e. The van der Waals surface area contributed by atoms with Gasteiger partial charge in [0.1, 0.15) is 17.7 Å². The number of halogens is 1. The van der Waals surface area contributed by atoms with Crippen LogP contribution in [0.1, 0.15) is 31.2 Å². The third-order valence-corrected chi connectivity index (χ3v) is 4.16. The largest absolute Gasteiger partial charge is 0.344 e. The van der Waals surface area contributed by atoms with Gasteiger partial charge in [-0.15, -0.1) is 5.10 Å². The Hall–Kier alpha value is -2.77. The molecule has 1 aliphatic heterocycles. The highest BCUT2D eigenvalue weighted by Crippen LogP contribution is 2.21. The molecule has 1 aromatic heterocycles. The summed E-state index contributed by atoms with van der Waals surface area (Å²) >= 11 is 0. The summed E-state index contributed by atoms with van der Waals surface area (Å²) in [6, 6.07) is 3.70. The van der Waals surface area contributed by atoms with Gasteiger partial charge in [0.15, 0.2) is 0 Å². The Morgan fingerprint density at radius 3 is 2.84 bits per heavy atom. The summed E-state index contributed by atoms with van der Waals surface area (Å²) < 4.78 is 14.8. The summed E-state index contributed by atoms with van der Waals surface area (Å²) in [5.41, 5.74) is 1.29. The van der Waals surface area contributed by atoms with E-state index in [0.717, 1.165) is 0 Å². The number of nitrogens with one attached hydrogen (secondary N) is 2. The van der Waals surface area contributed by atoms with Crippen LogP contribution in [0.3, 0.4) is 0 Å². The fraction of sp³-hybridized carbons (Fsp3) is 0.412. The smallest absolute Gasteiger partial charge is 0.249 e. The molecule has 2 N–H and O–H groups in total. The molecule has 2 aromatic rings. The number of aryl methyl sites for hydroxylation is 2. The van der Waals surface area contributed by atoms with Gasteiger partial charge in [-0.3, -0.25) is 14.9 Å². The lowest BCUT2D eigenvalue weighted by atomic mass is 9.93. The molecule has 0 radical (unpaired) electrons.